The molecule has 2 N–H and O–H groups in total. The Kier molecular flexibility index (Phi) is 6.70. The highest BCUT2D eigenvalue weighted by Crippen LogP contribution is 2.31. The van der Waals surface area contributed by atoms with Crippen LogP contribution in [-0.2, 0) is 14.3 Å². The summed E-state index contributed by atoms with van der Waals surface area (Å²) in [6, 6.07) is 3.84. The molecule has 0 saturated carbocycles. The van der Waals surface area contributed by atoms with E-state index in [-0.39, 0.29) is 12.7 Å². The van der Waals surface area contributed by atoms with Crippen LogP contribution in [0.4, 0.5) is 4.79 Å². The molecule has 25 heavy (non-hydrogen) atoms. The van der Waals surface area contributed by atoms with Crippen molar-refractivity contribution in [3.8, 4) is 0 Å². The monoisotopic (exact) mass is 386 g/mol. The summed E-state index contributed by atoms with van der Waals surface area (Å²) in [5.41, 5.74) is 1.37. The van der Waals surface area contributed by atoms with Crippen molar-refractivity contribution in [3.05, 3.63) is 45.1 Å². The number of carbonyl (C=O) groups is 2. The predicted octanol–water partition coefficient (Wildman–Crippen LogP) is 3.59. The van der Waals surface area contributed by atoms with Crippen LogP contribution in [0.1, 0.15) is 32.4 Å². The normalized spacial score (nSPS) is 17.4. The second-order valence-electron chi connectivity index (χ2n) is 5.80. The maximum absolute atomic E-state index is 12.5. The summed E-state index contributed by atoms with van der Waals surface area (Å²) in [6.45, 7) is 5.86. The lowest BCUT2D eigenvalue weighted by Crippen LogP contribution is -2.45. The molecule has 8 heteroatoms. The van der Waals surface area contributed by atoms with E-state index in [1.54, 1.807) is 25.1 Å². The van der Waals surface area contributed by atoms with E-state index in [0.29, 0.717) is 33.5 Å². The molecular weight excluding hydrogens is 367 g/mol. The third-order valence-corrected chi connectivity index (χ3v) is 4.27. The summed E-state index contributed by atoms with van der Waals surface area (Å²) in [5, 5.41) is 6.02. The van der Waals surface area contributed by atoms with E-state index in [2.05, 4.69) is 10.6 Å². The molecule has 0 bridgehead atoms. The number of allylic oxidation sites excluding steroid dienone is 1. The molecule has 0 spiro atoms. The minimum absolute atomic E-state index is 0.0549. The maximum Gasteiger partial charge on any atom is 0.338 e. The van der Waals surface area contributed by atoms with Gasteiger partial charge in [-0.1, -0.05) is 29.3 Å². The largest absolute Gasteiger partial charge is 0.460 e. The van der Waals surface area contributed by atoms with Gasteiger partial charge in [-0.2, -0.15) is 0 Å². The number of carbonyl (C=O) groups excluding carboxylic acids is 2. The van der Waals surface area contributed by atoms with Crippen LogP contribution < -0.4 is 10.6 Å². The highest BCUT2D eigenvalue weighted by atomic mass is 35.5. The third kappa shape index (κ3) is 5.11. The fraction of sp³-hybridized carbons (Fsp3) is 0.412. The quantitative estimate of drug-likeness (QED) is 0.578. The van der Waals surface area contributed by atoms with Gasteiger partial charge in [0.2, 0.25) is 0 Å². The first-order chi connectivity index (χ1) is 11.8. The number of hydrogen-bond donors (Lipinski definition) is 2. The van der Waals surface area contributed by atoms with Gasteiger partial charge >= 0.3 is 12.0 Å². The van der Waals surface area contributed by atoms with E-state index in [1.165, 1.54) is 0 Å². The lowest BCUT2D eigenvalue weighted by Gasteiger charge is -2.28. The van der Waals surface area contributed by atoms with Crippen LogP contribution in [0.2, 0.25) is 10.0 Å². The summed E-state index contributed by atoms with van der Waals surface area (Å²) in [6.07, 6.45) is 0.0549. The highest BCUT2D eigenvalue weighted by molar-refractivity contribution is 6.42. The number of nitrogens with one attached hydrogen (secondary N) is 2. The molecule has 0 radical (unpaired) electrons. The second-order valence-corrected chi connectivity index (χ2v) is 6.61. The van der Waals surface area contributed by atoms with Crippen molar-refractivity contribution in [2.24, 2.45) is 0 Å². The minimum atomic E-state index is -0.679. The van der Waals surface area contributed by atoms with E-state index < -0.39 is 18.0 Å². The van der Waals surface area contributed by atoms with Crippen LogP contribution in [0.15, 0.2) is 29.5 Å². The van der Waals surface area contributed by atoms with Gasteiger partial charge < -0.3 is 20.1 Å². The lowest BCUT2D eigenvalue weighted by molar-refractivity contribution is -0.141. The molecule has 1 aliphatic heterocycles. The van der Waals surface area contributed by atoms with Gasteiger partial charge in [0.1, 0.15) is 6.61 Å². The molecule has 1 heterocycles. The van der Waals surface area contributed by atoms with Crippen LogP contribution >= 0.6 is 23.2 Å². The van der Waals surface area contributed by atoms with E-state index in [0.717, 1.165) is 0 Å². The second kappa shape index (κ2) is 8.56. The maximum atomic E-state index is 12.5. The number of urea groups is 1. The first kappa shape index (κ1) is 19.6. The van der Waals surface area contributed by atoms with Gasteiger partial charge in [-0.05, 0) is 38.5 Å². The Morgan fingerprint density at radius 2 is 1.96 bits per heavy atom. The van der Waals surface area contributed by atoms with Crippen molar-refractivity contribution in [2.45, 2.75) is 32.9 Å². The number of rotatable bonds is 6. The van der Waals surface area contributed by atoms with E-state index in [1.807, 2.05) is 13.8 Å². The predicted molar refractivity (Wildman–Crippen MR) is 95.6 cm³/mol. The molecule has 1 aliphatic rings. The lowest BCUT2D eigenvalue weighted by atomic mass is 9.95. The molecule has 6 nitrogen and oxygen atoms in total. The molecule has 0 fully saturated rings. The molecule has 0 unspecified atom stereocenters. The van der Waals surface area contributed by atoms with Crippen LogP contribution in [0.25, 0.3) is 0 Å². The summed E-state index contributed by atoms with van der Waals surface area (Å²) < 4.78 is 10.6. The number of hydrogen-bond acceptors (Lipinski definition) is 4. The number of benzene rings is 1. The standard InChI is InChI=1S/C17H20Cl2N2O4/c1-9(2)24-6-7-25-16(22)14-10(3)20-17(23)21-15(14)11-4-5-12(18)13(19)8-11/h4-5,8-9,15H,6-7H2,1-3H3,(H2,20,21,23)/t15-/m1/s1. The molecule has 136 valence electrons. The van der Waals surface area contributed by atoms with Gasteiger partial charge in [0.15, 0.2) is 0 Å². The Morgan fingerprint density at radius 1 is 1.24 bits per heavy atom. The molecule has 1 aromatic rings. The van der Waals surface area contributed by atoms with Crippen molar-refractivity contribution < 1.29 is 19.1 Å². The molecule has 0 saturated heterocycles. The summed E-state index contributed by atoms with van der Waals surface area (Å²) in [5.74, 6) is -0.534. The fourth-order valence-corrected chi connectivity index (χ4v) is 2.71. The average molecular weight is 387 g/mol. The number of esters is 1. The Morgan fingerprint density at radius 3 is 2.60 bits per heavy atom. The number of halogens is 2. The van der Waals surface area contributed by atoms with Gasteiger partial charge in [-0.15, -0.1) is 0 Å². The zero-order valence-corrected chi connectivity index (χ0v) is 15.7. The Bertz CT molecular complexity index is 704. The summed E-state index contributed by atoms with van der Waals surface area (Å²) in [7, 11) is 0. The zero-order chi connectivity index (χ0) is 18.6. The molecule has 1 atom stereocenters. The van der Waals surface area contributed by atoms with Crippen molar-refractivity contribution in [1.82, 2.24) is 10.6 Å². The smallest absolute Gasteiger partial charge is 0.338 e. The van der Waals surface area contributed by atoms with Crippen molar-refractivity contribution in [1.29, 1.82) is 0 Å². The fourth-order valence-electron chi connectivity index (χ4n) is 2.40. The summed E-state index contributed by atoms with van der Waals surface area (Å²) in [4.78, 5) is 24.3. The Labute approximate surface area is 156 Å². The number of amides is 2. The van der Waals surface area contributed by atoms with E-state index >= 15 is 0 Å². The van der Waals surface area contributed by atoms with Gasteiger partial charge in [0.25, 0.3) is 0 Å². The van der Waals surface area contributed by atoms with E-state index in [4.69, 9.17) is 32.7 Å². The molecule has 0 aliphatic carbocycles. The third-order valence-electron chi connectivity index (χ3n) is 3.53. The molecule has 2 rings (SSSR count). The Hall–Kier alpha value is -1.76. The van der Waals surface area contributed by atoms with Gasteiger partial charge in [-0.3, -0.25) is 0 Å². The number of ether oxygens (including phenoxy) is 2. The van der Waals surface area contributed by atoms with Gasteiger partial charge in [0.05, 0.1) is 34.4 Å². The average Bonchev–Trinajstić information content (AvgIpc) is 2.53. The topological polar surface area (TPSA) is 76.7 Å². The molecule has 0 aromatic heterocycles. The van der Waals surface area contributed by atoms with Crippen LogP contribution in [-0.4, -0.2) is 31.3 Å². The van der Waals surface area contributed by atoms with Crippen LogP contribution in [0.3, 0.4) is 0 Å². The van der Waals surface area contributed by atoms with Crippen molar-refractivity contribution in [2.75, 3.05) is 13.2 Å². The zero-order valence-electron chi connectivity index (χ0n) is 14.2. The first-order valence-electron chi connectivity index (χ1n) is 7.81. The SMILES string of the molecule is CC1=C(C(=O)OCCOC(C)C)[C@@H](c2ccc(Cl)c(Cl)c2)NC(=O)N1. The molecule has 1 aromatic carbocycles. The summed E-state index contributed by atoms with van der Waals surface area (Å²) >= 11 is 12.0. The minimum Gasteiger partial charge on any atom is -0.460 e. The van der Waals surface area contributed by atoms with Crippen molar-refractivity contribution >= 4 is 35.2 Å². The van der Waals surface area contributed by atoms with E-state index in [9.17, 15) is 9.59 Å². The Balaban J connectivity index is 2.21. The van der Waals surface area contributed by atoms with Crippen LogP contribution in [0, 0.1) is 0 Å². The van der Waals surface area contributed by atoms with Crippen molar-refractivity contribution in [3.63, 3.8) is 0 Å². The molecular formula is C17H20Cl2N2O4. The van der Waals surface area contributed by atoms with Crippen LogP contribution in [0.5, 0.6) is 0 Å². The first-order valence-corrected chi connectivity index (χ1v) is 8.57. The van der Waals surface area contributed by atoms with Gasteiger partial charge in [0, 0.05) is 5.70 Å². The van der Waals surface area contributed by atoms with Gasteiger partial charge in [-0.25, -0.2) is 9.59 Å². The highest BCUT2D eigenvalue weighted by Gasteiger charge is 2.32. The molecule has 2 amide bonds.